The van der Waals surface area contributed by atoms with E-state index in [4.69, 9.17) is 4.42 Å². The maximum Gasteiger partial charge on any atom is 0.313 e. The Bertz CT molecular complexity index is 856. The molecule has 7 nitrogen and oxygen atoms in total. The Kier molecular flexibility index (Phi) is 4.20. The molecule has 134 valence electrons. The van der Waals surface area contributed by atoms with Crippen LogP contribution in [0, 0.1) is 0 Å². The molecule has 3 amide bonds. The number of anilines is 2. The van der Waals surface area contributed by atoms with E-state index in [9.17, 15) is 14.4 Å². The van der Waals surface area contributed by atoms with Crippen LogP contribution < -0.4 is 15.5 Å². The van der Waals surface area contributed by atoms with Crippen molar-refractivity contribution in [1.29, 1.82) is 0 Å². The summed E-state index contributed by atoms with van der Waals surface area (Å²) in [7, 11) is 0. The van der Waals surface area contributed by atoms with Crippen LogP contribution >= 0.6 is 0 Å². The first kappa shape index (κ1) is 16.4. The third-order valence-electron chi connectivity index (χ3n) is 4.74. The summed E-state index contributed by atoms with van der Waals surface area (Å²) in [4.78, 5) is 38.1. The number of hydrogen-bond donors (Lipinski definition) is 2. The minimum absolute atomic E-state index is 0.158. The summed E-state index contributed by atoms with van der Waals surface area (Å²) in [6, 6.07) is 7.16. The van der Waals surface area contributed by atoms with Crippen LogP contribution in [0.25, 0.3) is 0 Å². The van der Waals surface area contributed by atoms with Gasteiger partial charge >= 0.3 is 11.8 Å². The van der Waals surface area contributed by atoms with Crippen molar-refractivity contribution in [3.63, 3.8) is 0 Å². The molecule has 0 saturated heterocycles. The summed E-state index contributed by atoms with van der Waals surface area (Å²) in [5.74, 6) is -0.700. The lowest BCUT2D eigenvalue weighted by Crippen LogP contribution is -2.39. The first-order valence-corrected chi connectivity index (χ1v) is 8.69. The van der Waals surface area contributed by atoms with Gasteiger partial charge in [-0.1, -0.05) is 0 Å². The van der Waals surface area contributed by atoms with E-state index in [-0.39, 0.29) is 12.5 Å². The number of nitrogens with zero attached hydrogens (tertiary/aromatic N) is 1. The summed E-state index contributed by atoms with van der Waals surface area (Å²) in [6.45, 7) is 0.908. The zero-order chi connectivity index (χ0) is 18.1. The Labute approximate surface area is 150 Å². The second-order valence-electron chi connectivity index (χ2n) is 6.51. The Hall–Kier alpha value is -3.09. The van der Waals surface area contributed by atoms with Crippen LogP contribution in [0.15, 0.2) is 34.9 Å². The van der Waals surface area contributed by atoms with Gasteiger partial charge in [0.1, 0.15) is 5.76 Å². The van der Waals surface area contributed by atoms with Gasteiger partial charge in [0.05, 0.1) is 18.5 Å². The highest BCUT2D eigenvalue weighted by Gasteiger charge is 2.30. The van der Waals surface area contributed by atoms with E-state index >= 15 is 0 Å². The predicted octanol–water partition coefficient (Wildman–Crippen LogP) is 1.76. The van der Waals surface area contributed by atoms with Crippen LogP contribution in [0.3, 0.4) is 0 Å². The zero-order valence-corrected chi connectivity index (χ0v) is 14.2. The van der Waals surface area contributed by atoms with Crippen molar-refractivity contribution in [2.45, 2.75) is 32.2 Å². The van der Waals surface area contributed by atoms with E-state index in [1.165, 1.54) is 6.26 Å². The van der Waals surface area contributed by atoms with Crippen molar-refractivity contribution in [1.82, 2.24) is 5.32 Å². The summed E-state index contributed by atoms with van der Waals surface area (Å²) in [5, 5.41) is 5.18. The second kappa shape index (κ2) is 6.67. The van der Waals surface area contributed by atoms with Gasteiger partial charge in [-0.3, -0.25) is 14.4 Å². The number of rotatable bonds is 3. The minimum atomic E-state index is -0.719. The molecule has 2 aliphatic rings. The largest absolute Gasteiger partial charge is 0.467 e. The van der Waals surface area contributed by atoms with Crippen molar-refractivity contribution < 1.29 is 18.8 Å². The van der Waals surface area contributed by atoms with Crippen LogP contribution in [0.1, 0.15) is 29.7 Å². The quantitative estimate of drug-likeness (QED) is 0.823. The van der Waals surface area contributed by atoms with E-state index in [0.29, 0.717) is 24.3 Å². The number of aryl methyl sites for hydroxylation is 2. The summed E-state index contributed by atoms with van der Waals surface area (Å²) in [6.07, 6.45) is 4.41. The van der Waals surface area contributed by atoms with Gasteiger partial charge in [0.25, 0.3) is 0 Å². The number of nitrogens with one attached hydrogen (secondary N) is 2. The third kappa shape index (κ3) is 3.08. The summed E-state index contributed by atoms with van der Waals surface area (Å²) in [5.41, 5.74) is 3.68. The van der Waals surface area contributed by atoms with Gasteiger partial charge in [0.2, 0.25) is 5.91 Å². The number of furan rings is 1. The smallest absolute Gasteiger partial charge is 0.313 e. The van der Waals surface area contributed by atoms with Crippen LogP contribution in [0.2, 0.25) is 0 Å². The van der Waals surface area contributed by atoms with Gasteiger partial charge < -0.3 is 20.0 Å². The number of carbonyl (C=O) groups excluding carboxylic acids is 3. The highest BCUT2D eigenvalue weighted by Crippen LogP contribution is 2.37. The van der Waals surface area contributed by atoms with Crippen molar-refractivity contribution in [3.8, 4) is 0 Å². The van der Waals surface area contributed by atoms with E-state index in [2.05, 4.69) is 10.6 Å². The summed E-state index contributed by atoms with van der Waals surface area (Å²) >= 11 is 0. The van der Waals surface area contributed by atoms with Crippen molar-refractivity contribution in [2.24, 2.45) is 0 Å². The van der Waals surface area contributed by atoms with Crippen LogP contribution in [-0.4, -0.2) is 24.3 Å². The van der Waals surface area contributed by atoms with Gasteiger partial charge in [-0.25, -0.2) is 0 Å². The number of carbonyl (C=O) groups is 3. The first-order valence-electron chi connectivity index (χ1n) is 8.69. The Balaban J connectivity index is 1.47. The molecule has 1 aromatic carbocycles. The first-order chi connectivity index (χ1) is 12.6. The fourth-order valence-electron chi connectivity index (χ4n) is 3.57. The lowest BCUT2D eigenvalue weighted by molar-refractivity contribution is -0.136. The van der Waals surface area contributed by atoms with Gasteiger partial charge in [-0.05, 0) is 54.7 Å². The lowest BCUT2D eigenvalue weighted by Gasteiger charge is -2.35. The average molecular weight is 353 g/mol. The fourth-order valence-corrected chi connectivity index (χ4v) is 3.57. The Morgan fingerprint density at radius 1 is 1.12 bits per heavy atom. The second-order valence-corrected chi connectivity index (χ2v) is 6.51. The van der Waals surface area contributed by atoms with Gasteiger partial charge in [0.15, 0.2) is 0 Å². The molecule has 0 bridgehead atoms. The fraction of sp³-hybridized carbons (Fsp3) is 0.316. The van der Waals surface area contributed by atoms with E-state index in [1.807, 2.05) is 17.0 Å². The molecule has 0 saturated carbocycles. The highest BCUT2D eigenvalue weighted by atomic mass is 16.3. The molecular weight excluding hydrogens is 334 g/mol. The van der Waals surface area contributed by atoms with Gasteiger partial charge in [-0.2, -0.15) is 0 Å². The number of amides is 3. The Morgan fingerprint density at radius 2 is 1.92 bits per heavy atom. The molecule has 0 unspecified atom stereocenters. The van der Waals surface area contributed by atoms with Gasteiger partial charge in [0, 0.05) is 18.7 Å². The SMILES string of the molecule is O=C(NCc1ccco1)C(=O)Nc1cc2c3c(c1)CCC(=O)N3CCC2. The molecule has 26 heavy (non-hydrogen) atoms. The lowest BCUT2D eigenvalue weighted by atomic mass is 9.91. The molecule has 0 radical (unpaired) electrons. The average Bonchev–Trinajstić information content (AvgIpc) is 3.16. The van der Waals surface area contributed by atoms with E-state index in [0.717, 1.165) is 36.2 Å². The molecule has 0 aliphatic carbocycles. The van der Waals surface area contributed by atoms with Crippen molar-refractivity contribution in [2.75, 3.05) is 16.8 Å². The molecule has 2 aliphatic heterocycles. The van der Waals surface area contributed by atoms with Crippen molar-refractivity contribution >= 4 is 29.1 Å². The monoisotopic (exact) mass is 353 g/mol. The van der Waals surface area contributed by atoms with Crippen LogP contribution in [0.4, 0.5) is 11.4 Å². The maximum atomic E-state index is 12.2. The van der Waals surface area contributed by atoms with Gasteiger partial charge in [-0.15, -0.1) is 0 Å². The van der Waals surface area contributed by atoms with Crippen LogP contribution in [0.5, 0.6) is 0 Å². The molecule has 0 atom stereocenters. The predicted molar refractivity (Wildman–Crippen MR) is 94.6 cm³/mol. The highest BCUT2D eigenvalue weighted by molar-refractivity contribution is 6.39. The van der Waals surface area contributed by atoms with Crippen LogP contribution in [-0.2, 0) is 33.8 Å². The molecule has 2 aromatic rings. The Morgan fingerprint density at radius 3 is 2.69 bits per heavy atom. The van der Waals surface area contributed by atoms with Crippen molar-refractivity contribution in [3.05, 3.63) is 47.4 Å². The molecule has 0 spiro atoms. The third-order valence-corrected chi connectivity index (χ3v) is 4.74. The molecular formula is C19H19N3O4. The molecule has 3 heterocycles. The zero-order valence-electron chi connectivity index (χ0n) is 14.2. The molecule has 7 heteroatoms. The molecule has 0 fully saturated rings. The van der Waals surface area contributed by atoms with E-state index < -0.39 is 11.8 Å². The molecule has 4 rings (SSSR count). The minimum Gasteiger partial charge on any atom is -0.467 e. The molecule has 2 N–H and O–H groups in total. The number of benzene rings is 1. The van der Waals surface area contributed by atoms with E-state index in [1.54, 1.807) is 12.1 Å². The molecule has 1 aromatic heterocycles. The number of hydrogen-bond acceptors (Lipinski definition) is 4. The summed E-state index contributed by atoms with van der Waals surface area (Å²) < 4.78 is 5.12. The maximum absolute atomic E-state index is 12.2. The normalized spacial score (nSPS) is 15.4. The topological polar surface area (TPSA) is 91.6 Å². The standard InChI is InChI=1S/C19H19N3O4/c23-16-6-5-13-10-14(9-12-3-1-7-22(16)17(12)13)21-19(25)18(24)20-11-15-4-2-8-26-15/h2,4,8-10H,1,3,5-7,11H2,(H,20,24)(H,21,25).